The fourth-order valence-electron chi connectivity index (χ4n) is 1.49. The van der Waals surface area contributed by atoms with Crippen molar-refractivity contribution in [3.63, 3.8) is 0 Å². The van der Waals surface area contributed by atoms with Gasteiger partial charge >= 0.3 is 10.1 Å². The van der Waals surface area contributed by atoms with Gasteiger partial charge in [0.05, 0.1) is 5.75 Å². The second kappa shape index (κ2) is 6.29. The van der Waals surface area contributed by atoms with Crippen LogP contribution in [0.2, 0.25) is 0 Å². The lowest BCUT2D eigenvalue weighted by Crippen LogP contribution is -2.14. The fraction of sp³-hybridized carbons (Fsp3) is 0.250. The molecule has 1 aromatic carbocycles. The van der Waals surface area contributed by atoms with E-state index in [0.29, 0.717) is 18.7 Å². The van der Waals surface area contributed by atoms with Gasteiger partial charge in [-0.05, 0) is 30.7 Å². The number of hydrogen-bond donors (Lipinski definition) is 1. The smallest absolute Gasteiger partial charge is 0.309 e. The maximum absolute atomic E-state index is 11.7. The molecule has 1 N–H and O–H groups in total. The van der Waals surface area contributed by atoms with Crippen LogP contribution in [0.15, 0.2) is 36.9 Å². The molecule has 0 bridgehead atoms. The molecule has 7 nitrogen and oxygen atoms in total. The van der Waals surface area contributed by atoms with Crippen LogP contribution in [-0.4, -0.2) is 34.2 Å². The Kier molecular flexibility index (Phi) is 4.46. The number of hydrogen-bond acceptors (Lipinski definition) is 7. The van der Waals surface area contributed by atoms with Crippen molar-refractivity contribution in [2.45, 2.75) is 12.8 Å². The lowest BCUT2D eigenvalue weighted by molar-refractivity contribution is 0.468. The molecule has 0 aliphatic carbocycles. The Balaban J connectivity index is 1.86. The Morgan fingerprint density at radius 2 is 1.75 bits per heavy atom. The van der Waals surface area contributed by atoms with Gasteiger partial charge < -0.3 is 9.29 Å². The minimum absolute atomic E-state index is 0.0459. The van der Waals surface area contributed by atoms with Crippen LogP contribution in [0.4, 0.5) is 0 Å². The number of aryl methyl sites for hydroxylation is 1. The number of phenolic OH excluding ortho intramolecular Hbond substituents is 1. The number of nitrogens with zero attached hydrogens (tertiary/aromatic N) is 3. The van der Waals surface area contributed by atoms with E-state index in [1.54, 1.807) is 0 Å². The van der Waals surface area contributed by atoms with Gasteiger partial charge in [0.25, 0.3) is 0 Å². The zero-order chi connectivity index (χ0) is 14.4. The molecule has 0 aliphatic heterocycles. The number of phenols is 1. The predicted molar refractivity (Wildman–Crippen MR) is 70.7 cm³/mol. The van der Waals surface area contributed by atoms with E-state index in [-0.39, 0.29) is 17.3 Å². The minimum atomic E-state index is -3.67. The summed E-state index contributed by atoms with van der Waals surface area (Å²) in [7, 11) is -3.67. The third-order valence-corrected chi connectivity index (χ3v) is 3.64. The lowest BCUT2D eigenvalue weighted by atomic mass is 10.3. The van der Waals surface area contributed by atoms with E-state index in [9.17, 15) is 8.42 Å². The highest BCUT2D eigenvalue weighted by Gasteiger charge is 2.13. The molecule has 0 saturated heterocycles. The van der Waals surface area contributed by atoms with Gasteiger partial charge in [-0.25, -0.2) is 15.0 Å². The molecule has 0 atom stereocenters. The van der Waals surface area contributed by atoms with Gasteiger partial charge in [-0.15, -0.1) is 0 Å². The Morgan fingerprint density at radius 3 is 2.40 bits per heavy atom. The van der Waals surface area contributed by atoms with Crippen LogP contribution in [0, 0.1) is 0 Å². The Labute approximate surface area is 116 Å². The first-order valence-corrected chi connectivity index (χ1v) is 7.45. The molecule has 2 aromatic rings. The summed E-state index contributed by atoms with van der Waals surface area (Å²) in [5.74, 6) is 0.618. The highest BCUT2D eigenvalue weighted by molar-refractivity contribution is 7.87. The molecular formula is C12H13N3O4S. The molecule has 0 radical (unpaired) electrons. The van der Waals surface area contributed by atoms with E-state index >= 15 is 0 Å². The van der Waals surface area contributed by atoms with E-state index in [1.165, 1.54) is 36.9 Å². The number of benzene rings is 1. The molecule has 0 aliphatic rings. The second-order valence-corrected chi connectivity index (χ2v) is 5.69. The van der Waals surface area contributed by atoms with Crippen LogP contribution in [0.3, 0.4) is 0 Å². The Morgan fingerprint density at radius 1 is 1.10 bits per heavy atom. The third kappa shape index (κ3) is 4.47. The average molecular weight is 295 g/mol. The largest absolute Gasteiger partial charge is 0.508 e. The van der Waals surface area contributed by atoms with E-state index < -0.39 is 10.1 Å². The van der Waals surface area contributed by atoms with Crippen LogP contribution in [-0.2, 0) is 16.5 Å². The molecule has 0 saturated carbocycles. The van der Waals surface area contributed by atoms with Crippen molar-refractivity contribution in [3.05, 3.63) is 42.7 Å². The van der Waals surface area contributed by atoms with Gasteiger partial charge in [0, 0.05) is 6.42 Å². The monoisotopic (exact) mass is 295 g/mol. The van der Waals surface area contributed by atoms with Crippen LogP contribution in [0.1, 0.15) is 12.2 Å². The summed E-state index contributed by atoms with van der Waals surface area (Å²) in [6.07, 6.45) is 3.51. The summed E-state index contributed by atoms with van der Waals surface area (Å²) in [6.45, 7) is 0. The quantitative estimate of drug-likeness (QED) is 0.790. The summed E-state index contributed by atoms with van der Waals surface area (Å²) in [5, 5.41) is 9.10. The Hall–Kier alpha value is -2.22. The topological polar surface area (TPSA) is 102 Å². The fourth-order valence-corrected chi connectivity index (χ4v) is 2.47. The number of aromatic nitrogens is 3. The normalized spacial score (nSPS) is 11.2. The molecule has 20 heavy (non-hydrogen) atoms. The maximum atomic E-state index is 11.7. The SMILES string of the molecule is O=S(=O)(CCCc1ncncn1)Oc1ccc(O)cc1. The van der Waals surface area contributed by atoms with Crippen LogP contribution >= 0.6 is 0 Å². The summed E-state index contributed by atoms with van der Waals surface area (Å²) in [6, 6.07) is 5.49. The van der Waals surface area contributed by atoms with Gasteiger partial charge in [-0.1, -0.05) is 0 Å². The van der Waals surface area contributed by atoms with E-state index in [1.807, 2.05) is 0 Å². The first-order valence-electron chi connectivity index (χ1n) is 5.87. The molecule has 2 rings (SSSR count). The first kappa shape index (κ1) is 14.2. The minimum Gasteiger partial charge on any atom is -0.508 e. The van der Waals surface area contributed by atoms with Crippen molar-refractivity contribution >= 4 is 10.1 Å². The predicted octanol–water partition coefficient (Wildman–Crippen LogP) is 0.919. The summed E-state index contributed by atoms with van der Waals surface area (Å²) in [4.78, 5) is 11.5. The van der Waals surface area contributed by atoms with Crippen LogP contribution < -0.4 is 4.18 Å². The highest BCUT2D eigenvalue weighted by atomic mass is 32.2. The molecule has 0 amide bonds. The zero-order valence-corrected chi connectivity index (χ0v) is 11.3. The van der Waals surface area contributed by atoms with Crippen molar-refractivity contribution in [2.75, 3.05) is 5.75 Å². The molecule has 1 heterocycles. The number of aromatic hydroxyl groups is 1. The molecule has 1 aromatic heterocycles. The standard InChI is InChI=1S/C12H13N3O4S/c16-10-3-5-11(6-4-10)19-20(17,18)7-1-2-12-14-8-13-9-15-12/h3-6,8-9,16H,1-2,7H2. The van der Waals surface area contributed by atoms with Gasteiger partial charge in [0.1, 0.15) is 30.0 Å². The summed E-state index contributed by atoms with van der Waals surface area (Å²) >= 11 is 0. The van der Waals surface area contributed by atoms with Crippen LogP contribution in [0.25, 0.3) is 0 Å². The van der Waals surface area contributed by atoms with Gasteiger partial charge in [0.15, 0.2) is 0 Å². The van der Waals surface area contributed by atoms with E-state index in [2.05, 4.69) is 15.0 Å². The average Bonchev–Trinajstić information content (AvgIpc) is 2.42. The molecule has 0 unspecified atom stereocenters. The summed E-state index contributed by atoms with van der Waals surface area (Å²) < 4.78 is 28.4. The second-order valence-electron chi connectivity index (χ2n) is 4.00. The molecule has 106 valence electrons. The van der Waals surface area contributed by atoms with Crippen LogP contribution in [0.5, 0.6) is 11.5 Å². The zero-order valence-electron chi connectivity index (χ0n) is 10.5. The number of rotatable bonds is 6. The molecule has 0 spiro atoms. The lowest BCUT2D eigenvalue weighted by Gasteiger charge is -2.06. The van der Waals surface area contributed by atoms with E-state index in [4.69, 9.17) is 9.29 Å². The molecule has 8 heteroatoms. The Bertz CT molecular complexity index is 644. The van der Waals surface area contributed by atoms with Crippen molar-refractivity contribution in [1.29, 1.82) is 0 Å². The van der Waals surface area contributed by atoms with Crippen molar-refractivity contribution in [2.24, 2.45) is 0 Å². The van der Waals surface area contributed by atoms with Crippen molar-refractivity contribution in [3.8, 4) is 11.5 Å². The molecule has 0 fully saturated rings. The summed E-state index contributed by atoms with van der Waals surface area (Å²) in [5.41, 5.74) is 0. The van der Waals surface area contributed by atoms with Gasteiger partial charge in [0.2, 0.25) is 0 Å². The van der Waals surface area contributed by atoms with Crippen molar-refractivity contribution in [1.82, 2.24) is 15.0 Å². The van der Waals surface area contributed by atoms with Gasteiger partial charge in [-0.3, -0.25) is 0 Å². The highest BCUT2D eigenvalue weighted by Crippen LogP contribution is 2.18. The third-order valence-electron chi connectivity index (χ3n) is 2.40. The van der Waals surface area contributed by atoms with E-state index in [0.717, 1.165) is 0 Å². The first-order chi connectivity index (χ1) is 9.55. The molecular weight excluding hydrogens is 282 g/mol. The van der Waals surface area contributed by atoms with Crippen molar-refractivity contribution < 1.29 is 17.7 Å². The maximum Gasteiger partial charge on any atom is 0.309 e. The van der Waals surface area contributed by atoms with Gasteiger partial charge in [-0.2, -0.15) is 8.42 Å².